The maximum atomic E-state index is 12.3. The largest absolute Gasteiger partial charge is 0.481 e. The molecule has 0 aliphatic heterocycles. The van der Waals surface area contributed by atoms with Gasteiger partial charge in [0.1, 0.15) is 5.75 Å². The lowest BCUT2D eigenvalue weighted by Gasteiger charge is -2.18. The number of nitrogens with one attached hydrogen (secondary N) is 1. The third kappa shape index (κ3) is 6.13. The summed E-state index contributed by atoms with van der Waals surface area (Å²) in [6, 6.07) is 12.9. The fraction of sp³-hybridized carbons (Fsp3) is 0.458. The van der Waals surface area contributed by atoms with E-state index in [1.54, 1.807) is 6.92 Å². The van der Waals surface area contributed by atoms with E-state index in [0.29, 0.717) is 12.5 Å². The monoisotopic (exact) mass is 367 g/mol. The normalized spacial score (nSPS) is 12.1. The first kappa shape index (κ1) is 21.0. The van der Waals surface area contributed by atoms with Gasteiger partial charge in [0, 0.05) is 6.54 Å². The van der Waals surface area contributed by atoms with Gasteiger partial charge in [-0.3, -0.25) is 4.79 Å². The van der Waals surface area contributed by atoms with E-state index in [9.17, 15) is 4.79 Å². The Morgan fingerprint density at radius 2 is 1.70 bits per heavy atom. The van der Waals surface area contributed by atoms with Gasteiger partial charge in [-0.05, 0) is 80.3 Å². The highest BCUT2D eigenvalue weighted by Crippen LogP contribution is 2.24. The lowest BCUT2D eigenvalue weighted by molar-refractivity contribution is -0.127. The van der Waals surface area contributed by atoms with Gasteiger partial charge >= 0.3 is 0 Å². The zero-order valence-corrected chi connectivity index (χ0v) is 17.6. The first-order valence-corrected chi connectivity index (χ1v) is 9.89. The molecule has 0 unspecified atom stereocenters. The minimum atomic E-state index is -0.504. The van der Waals surface area contributed by atoms with Crippen molar-refractivity contribution in [1.29, 1.82) is 0 Å². The van der Waals surface area contributed by atoms with Crippen LogP contribution in [0.4, 0.5) is 0 Å². The van der Waals surface area contributed by atoms with Crippen LogP contribution >= 0.6 is 0 Å². The van der Waals surface area contributed by atoms with E-state index >= 15 is 0 Å². The highest BCUT2D eigenvalue weighted by atomic mass is 16.5. The van der Waals surface area contributed by atoms with Crippen LogP contribution in [-0.4, -0.2) is 18.6 Å². The number of carbonyl (C=O) groups is 1. The third-order valence-electron chi connectivity index (χ3n) is 5.02. The topological polar surface area (TPSA) is 38.3 Å². The molecule has 0 spiro atoms. The van der Waals surface area contributed by atoms with Crippen LogP contribution in [0.5, 0.6) is 5.75 Å². The number of carbonyl (C=O) groups excluding carboxylic acids is 1. The van der Waals surface area contributed by atoms with Crippen LogP contribution < -0.4 is 10.1 Å². The van der Waals surface area contributed by atoms with Gasteiger partial charge in [-0.15, -0.1) is 0 Å². The average Bonchev–Trinajstić information content (AvgIpc) is 2.63. The Balaban J connectivity index is 1.78. The minimum absolute atomic E-state index is 0.0660. The van der Waals surface area contributed by atoms with Crippen molar-refractivity contribution >= 4 is 5.91 Å². The molecule has 0 radical (unpaired) electrons. The summed E-state index contributed by atoms with van der Waals surface area (Å²) in [7, 11) is 0. The van der Waals surface area contributed by atoms with Gasteiger partial charge in [0.25, 0.3) is 5.91 Å². The average molecular weight is 368 g/mol. The van der Waals surface area contributed by atoms with Crippen LogP contribution in [0.3, 0.4) is 0 Å². The van der Waals surface area contributed by atoms with Crippen LogP contribution in [0.25, 0.3) is 0 Å². The Morgan fingerprint density at radius 3 is 2.33 bits per heavy atom. The second-order valence-corrected chi connectivity index (χ2v) is 7.76. The van der Waals surface area contributed by atoms with E-state index in [2.05, 4.69) is 56.4 Å². The van der Waals surface area contributed by atoms with Gasteiger partial charge < -0.3 is 10.1 Å². The lowest BCUT2D eigenvalue weighted by Crippen LogP contribution is -2.37. The second kappa shape index (κ2) is 9.59. The molecule has 1 amide bonds. The first-order valence-electron chi connectivity index (χ1n) is 9.89. The van der Waals surface area contributed by atoms with Crippen LogP contribution in [0.2, 0.25) is 0 Å². The molecule has 2 aromatic carbocycles. The van der Waals surface area contributed by atoms with Crippen molar-refractivity contribution in [3.63, 3.8) is 0 Å². The number of ether oxygens (including phenoxy) is 1. The van der Waals surface area contributed by atoms with Gasteiger partial charge in [-0.25, -0.2) is 0 Å². The number of rotatable bonds is 8. The summed E-state index contributed by atoms with van der Waals surface area (Å²) in [5.41, 5.74) is 6.08. The smallest absolute Gasteiger partial charge is 0.260 e. The summed E-state index contributed by atoms with van der Waals surface area (Å²) in [5.74, 6) is 1.28. The van der Waals surface area contributed by atoms with Crippen LogP contribution in [-0.2, 0) is 11.2 Å². The summed E-state index contributed by atoms with van der Waals surface area (Å²) in [6.45, 7) is 13.0. The first-order chi connectivity index (χ1) is 12.8. The number of hydrogen-bond acceptors (Lipinski definition) is 2. The molecule has 0 saturated heterocycles. The summed E-state index contributed by atoms with van der Waals surface area (Å²) < 4.78 is 5.91. The predicted octanol–water partition coefficient (Wildman–Crippen LogP) is 5.25. The molecule has 0 heterocycles. The van der Waals surface area contributed by atoms with E-state index < -0.39 is 6.10 Å². The maximum Gasteiger partial charge on any atom is 0.260 e. The molecule has 0 aliphatic rings. The third-order valence-corrected chi connectivity index (χ3v) is 5.02. The minimum Gasteiger partial charge on any atom is -0.481 e. The van der Waals surface area contributed by atoms with Crippen molar-refractivity contribution in [3.05, 3.63) is 64.2 Å². The Hall–Kier alpha value is -2.29. The Bertz CT molecular complexity index is 763. The van der Waals surface area contributed by atoms with Crippen LogP contribution in [0.1, 0.15) is 60.9 Å². The molecule has 3 heteroatoms. The molecule has 146 valence electrons. The summed E-state index contributed by atoms with van der Waals surface area (Å²) >= 11 is 0. The molecular formula is C24H33NO2. The van der Waals surface area contributed by atoms with Gasteiger partial charge in [-0.1, -0.05) is 44.2 Å². The highest BCUT2D eigenvalue weighted by Gasteiger charge is 2.16. The molecule has 0 saturated carbocycles. The fourth-order valence-corrected chi connectivity index (χ4v) is 3.08. The molecule has 0 aliphatic carbocycles. The van der Waals surface area contributed by atoms with Crippen molar-refractivity contribution < 1.29 is 9.53 Å². The summed E-state index contributed by atoms with van der Waals surface area (Å²) in [5, 5.41) is 2.99. The number of aryl methyl sites for hydroxylation is 3. The van der Waals surface area contributed by atoms with E-state index in [4.69, 9.17) is 4.74 Å². The van der Waals surface area contributed by atoms with Crippen molar-refractivity contribution in [2.75, 3.05) is 6.54 Å². The van der Waals surface area contributed by atoms with Crippen LogP contribution in [0.15, 0.2) is 36.4 Å². The molecule has 27 heavy (non-hydrogen) atoms. The van der Waals surface area contributed by atoms with Crippen molar-refractivity contribution in [3.8, 4) is 5.75 Å². The molecule has 2 rings (SSSR count). The molecule has 1 N–H and O–H groups in total. The molecule has 0 aromatic heterocycles. The van der Waals surface area contributed by atoms with E-state index in [1.165, 1.54) is 16.7 Å². The molecular weight excluding hydrogens is 334 g/mol. The quantitative estimate of drug-likeness (QED) is 0.647. The fourth-order valence-electron chi connectivity index (χ4n) is 3.08. The lowest BCUT2D eigenvalue weighted by atomic mass is 10.0. The van der Waals surface area contributed by atoms with Gasteiger partial charge in [0.15, 0.2) is 6.10 Å². The molecule has 1 atom stereocenters. The Morgan fingerprint density at radius 1 is 1.04 bits per heavy atom. The van der Waals surface area contributed by atoms with Crippen molar-refractivity contribution in [2.24, 2.45) is 0 Å². The molecule has 3 nitrogen and oxygen atoms in total. The Kier molecular flexibility index (Phi) is 7.46. The Labute approximate surface area is 164 Å². The standard InChI is InChI=1S/C24H33NO2/c1-16(2)22-11-9-21(10-12-22)8-7-13-25-24(26)20(6)27-23-15-17(3)14-18(4)19(23)5/h9-12,14-16,20H,7-8,13H2,1-6H3,(H,25,26)/t20-/m0/s1. The number of benzene rings is 2. The van der Waals surface area contributed by atoms with Crippen molar-refractivity contribution in [2.45, 2.75) is 66.4 Å². The summed E-state index contributed by atoms with van der Waals surface area (Å²) in [6.07, 6.45) is 1.38. The number of amides is 1. The highest BCUT2D eigenvalue weighted by molar-refractivity contribution is 5.80. The van der Waals surface area contributed by atoms with Crippen molar-refractivity contribution in [1.82, 2.24) is 5.32 Å². The zero-order valence-electron chi connectivity index (χ0n) is 17.6. The van der Waals surface area contributed by atoms with Gasteiger partial charge in [0.2, 0.25) is 0 Å². The zero-order chi connectivity index (χ0) is 20.0. The summed E-state index contributed by atoms with van der Waals surface area (Å²) in [4.78, 5) is 12.3. The van der Waals surface area contributed by atoms with Crippen LogP contribution in [0, 0.1) is 20.8 Å². The van der Waals surface area contributed by atoms with E-state index in [0.717, 1.165) is 29.7 Å². The second-order valence-electron chi connectivity index (χ2n) is 7.76. The predicted molar refractivity (Wildman–Crippen MR) is 113 cm³/mol. The number of hydrogen-bond donors (Lipinski definition) is 1. The van der Waals surface area contributed by atoms with E-state index in [1.807, 2.05) is 19.9 Å². The van der Waals surface area contributed by atoms with Gasteiger partial charge in [0.05, 0.1) is 0 Å². The SMILES string of the molecule is Cc1cc(C)c(C)c(O[C@@H](C)C(=O)NCCCc2ccc(C(C)C)cc2)c1. The van der Waals surface area contributed by atoms with Gasteiger partial charge in [-0.2, -0.15) is 0 Å². The molecule has 2 aromatic rings. The molecule has 0 fully saturated rings. The maximum absolute atomic E-state index is 12.3. The van der Waals surface area contributed by atoms with E-state index in [-0.39, 0.29) is 5.91 Å². The molecule has 0 bridgehead atoms.